The Labute approximate surface area is 130 Å². The summed E-state index contributed by atoms with van der Waals surface area (Å²) in [5, 5.41) is 14.6. The van der Waals surface area contributed by atoms with Gasteiger partial charge < -0.3 is 0 Å². The fourth-order valence-corrected chi connectivity index (χ4v) is 2.83. The van der Waals surface area contributed by atoms with Crippen molar-refractivity contribution in [3.05, 3.63) is 27.7 Å². The number of nitriles is 1. The number of fused-ring (bicyclic) bond motifs is 1. The number of nitrogens with zero attached hydrogens (tertiary/aromatic N) is 4. The molecule has 112 valence electrons. The van der Waals surface area contributed by atoms with Gasteiger partial charge in [-0.2, -0.15) is 5.26 Å². The van der Waals surface area contributed by atoms with E-state index in [1.807, 2.05) is 6.92 Å². The van der Waals surface area contributed by atoms with E-state index < -0.39 is 0 Å². The van der Waals surface area contributed by atoms with Crippen molar-refractivity contribution in [1.82, 2.24) is 14.6 Å². The molecule has 0 aliphatic carbocycles. The molecule has 2 rings (SSSR count). The minimum atomic E-state index is 0.589. The number of rotatable bonds is 6. The van der Waals surface area contributed by atoms with E-state index in [0.717, 1.165) is 55.5 Å². The molecule has 5 heteroatoms. The van der Waals surface area contributed by atoms with Crippen molar-refractivity contribution in [1.29, 1.82) is 5.26 Å². The molecule has 0 N–H and O–H groups in total. The molecule has 2 aromatic rings. The molecular formula is C16H21ClN4. The van der Waals surface area contributed by atoms with Gasteiger partial charge in [0.15, 0.2) is 11.5 Å². The first-order chi connectivity index (χ1) is 10.1. The van der Waals surface area contributed by atoms with Crippen LogP contribution in [0.4, 0.5) is 0 Å². The van der Waals surface area contributed by atoms with Crippen LogP contribution in [0.3, 0.4) is 0 Å². The van der Waals surface area contributed by atoms with Crippen LogP contribution in [0.25, 0.3) is 5.65 Å². The largest absolute Gasteiger partial charge is 0.210 e. The van der Waals surface area contributed by atoms with E-state index >= 15 is 0 Å². The van der Waals surface area contributed by atoms with Crippen molar-refractivity contribution in [3.63, 3.8) is 0 Å². The minimum absolute atomic E-state index is 0.589. The summed E-state index contributed by atoms with van der Waals surface area (Å²) >= 11 is 6.51. The van der Waals surface area contributed by atoms with Gasteiger partial charge in [-0.25, -0.2) is 9.50 Å². The van der Waals surface area contributed by atoms with Gasteiger partial charge in [0, 0.05) is 6.42 Å². The monoisotopic (exact) mass is 304 g/mol. The normalized spacial score (nSPS) is 11.0. The molecule has 4 nitrogen and oxygen atoms in total. The van der Waals surface area contributed by atoms with E-state index in [4.69, 9.17) is 11.6 Å². The molecule has 0 unspecified atom stereocenters. The first-order valence-electron chi connectivity index (χ1n) is 7.60. The number of unbranched alkanes of at least 4 members (excludes halogenated alkanes) is 2. The van der Waals surface area contributed by atoms with E-state index in [1.54, 1.807) is 4.52 Å². The van der Waals surface area contributed by atoms with Crippen molar-refractivity contribution in [2.45, 2.75) is 59.3 Å². The molecule has 0 amide bonds. The highest BCUT2D eigenvalue weighted by atomic mass is 35.5. The summed E-state index contributed by atoms with van der Waals surface area (Å²) < 4.78 is 1.64. The SMILES string of the molecule is CCCCc1nc2c(C#N)c(C)c(CCCC)c(Cl)n2n1. The molecule has 0 atom stereocenters. The lowest BCUT2D eigenvalue weighted by Crippen LogP contribution is -2.03. The van der Waals surface area contributed by atoms with Gasteiger partial charge in [-0.15, -0.1) is 5.10 Å². The fraction of sp³-hybridized carbons (Fsp3) is 0.562. The Balaban J connectivity index is 2.59. The molecule has 0 bridgehead atoms. The van der Waals surface area contributed by atoms with E-state index in [9.17, 15) is 5.26 Å². The van der Waals surface area contributed by atoms with Gasteiger partial charge in [-0.3, -0.25) is 0 Å². The van der Waals surface area contributed by atoms with Gasteiger partial charge in [0.2, 0.25) is 0 Å². The number of aromatic nitrogens is 3. The van der Waals surface area contributed by atoms with Crippen LogP contribution in [0.1, 0.15) is 62.0 Å². The first kappa shape index (κ1) is 15.8. The summed E-state index contributed by atoms with van der Waals surface area (Å²) in [7, 11) is 0. The molecule has 0 saturated carbocycles. The Morgan fingerprint density at radius 2 is 1.86 bits per heavy atom. The van der Waals surface area contributed by atoms with Crippen molar-refractivity contribution < 1.29 is 0 Å². The molecule has 0 aliphatic rings. The summed E-state index contributed by atoms with van der Waals surface area (Å²) in [6, 6.07) is 2.27. The van der Waals surface area contributed by atoms with Gasteiger partial charge in [-0.1, -0.05) is 38.3 Å². The van der Waals surface area contributed by atoms with Gasteiger partial charge in [0.05, 0.1) is 0 Å². The van der Waals surface area contributed by atoms with E-state index in [-0.39, 0.29) is 0 Å². The number of hydrogen-bond donors (Lipinski definition) is 0. The maximum atomic E-state index is 9.47. The third-order valence-corrected chi connectivity index (χ3v) is 4.17. The third-order valence-electron chi connectivity index (χ3n) is 3.78. The molecule has 2 aromatic heterocycles. The number of hydrogen-bond acceptors (Lipinski definition) is 3. The first-order valence-corrected chi connectivity index (χ1v) is 7.98. The second-order valence-corrected chi connectivity index (χ2v) is 5.71. The summed E-state index contributed by atoms with van der Waals surface area (Å²) in [4.78, 5) is 4.51. The summed E-state index contributed by atoms with van der Waals surface area (Å²) in [6.07, 6.45) is 5.97. The van der Waals surface area contributed by atoms with E-state index in [0.29, 0.717) is 16.4 Å². The Morgan fingerprint density at radius 3 is 2.48 bits per heavy atom. The molecule has 0 aromatic carbocycles. The lowest BCUT2D eigenvalue weighted by atomic mass is 10.0. The van der Waals surface area contributed by atoms with Crippen molar-refractivity contribution in [2.24, 2.45) is 0 Å². The molecule has 0 spiro atoms. The molecule has 0 saturated heterocycles. The number of halogens is 1. The topological polar surface area (TPSA) is 54.0 Å². The van der Waals surface area contributed by atoms with Crippen LogP contribution in [-0.4, -0.2) is 14.6 Å². The minimum Gasteiger partial charge on any atom is -0.210 e. The predicted molar refractivity (Wildman–Crippen MR) is 84.7 cm³/mol. The Kier molecular flexibility index (Phi) is 5.19. The predicted octanol–water partition coefficient (Wildman–Crippen LogP) is 4.25. The highest BCUT2D eigenvalue weighted by Gasteiger charge is 2.18. The van der Waals surface area contributed by atoms with Crippen LogP contribution in [0.2, 0.25) is 5.15 Å². The van der Waals surface area contributed by atoms with Crippen LogP contribution in [0, 0.1) is 18.3 Å². The van der Waals surface area contributed by atoms with E-state index in [1.165, 1.54) is 0 Å². The lowest BCUT2D eigenvalue weighted by Gasteiger charge is -2.11. The third kappa shape index (κ3) is 3.03. The Morgan fingerprint density at radius 1 is 1.19 bits per heavy atom. The van der Waals surface area contributed by atoms with Crippen molar-refractivity contribution in [2.75, 3.05) is 0 Å². The smallest absolute Gasteiger partial charge is 0.175 e. The molecule has 0 aliphatic heterocycles. The maximum absolute atomic E-state index is 9.47. The Hall–Kier alpha value is -1.60. The van der Waals surface area contributed by atoms with Gasteiger partial charge in [-0.05, 0) is 37.3 Å². The van der Waals surface area contributed by atoms with Crippen LogP contribution in [0.5, 0.6) is 0 Å². The van der Waals surface area contributed by atoms with Crippen molar-refractivity contribution in [3.8, 4) is 6.07 Å². The average Bonchev–Trinajstić information content (AvgIpc) is 2.90. The molecule has 2 heterocycles. The highest BCUT2D eigenvalue weighted by Crippen LogP contribution is 2.27. The zero-order chi connectivity index (χ0) is 15.4. The standard InChI is InChI=1S/C16H21ClN4/c1-4-6-8-12-11(3)13(10-18)16-19-14(9-7-5-2)20-21(16)15(12)17/h4-9H2,1-3H3. The van der Waals surface area contributed by atoms with Crippen LogP contribution < -0.4 is 0 Å². The van der Waals surface area contributed by atoms with E-state index in [2.05, 4.69) is 30.0 Å². The van der Waals surface area contributed by atoms with Gasteiger partial charge in [0.1, 0.15) is 16.8 Å². The summed E-state index contributed by atoms with van der Waals surface area (Å²) in [5.41, 5.74) is 3.15. The number of aryl methyl sites for hydroxylation is 1. The summed E-state index contributed by atoms with van der Waals surface area (Å²) in [5.74, 6) is 0.766. The zero-order valence-corrected chi connectivity index (χ0v) is 13.7. The maximum Gasteiger partial charge on any atom is 0.175 e. The Bertz CT molecular complexity index is 682. The second kappa shape index (κ2) is 6.91. The molecule has 21 heavy (non-hydrogen) atoms. The fourth-order valence-electron chi connectivity index (χ4n) is 2.47. The quantitative estimate of drug-likeness (QED) is 0.750. The van der Waals surface area contributed by atoms with Gasteiger partial charge >= 0.3 is 0 Å². The second-order valence-electron chi connectivity index (χ2n) is 5.35. The average molecular weight is 305 g/mol. The van der Waals surface area contributed by atoms with Crippen molar-refractivity contribution >= 4 is 17.2 Å². The van der Waals surface area contributed by atoms with Crippen LogP contribution in [0.15, 0.2) is 0 Å². The number of pyridine rings is 1. The van der Waals surface area contributed by atoms with Crippen LogP contribution in [-0.2, 0) is 12.8 Å². The molecular weight excluding hydrogens is 284 g/mol. The molecule has 0 radical (unpaired) electrons. The van der Waals surface area contributed by atoms with Gasteiger partial charge in [0.25, 0.3) is 0 Å². The van der Waals surface area contributed by atoms with Crippen LogP contribution >= 0.6 is 11.6 Å². The summed E-state index contributed by atoms with van der Waals surface area (Å²) in [6.45, 7) is 6.23. The highest BCUT2D eigenvalue weighted by molar-refractivity contribution is 6.30. The molecule has 0 fully saturated rings. The zero-order valence-electron chi connectivity index (χ0n) is 12.9. The lowest BCUT2D eigenvalue weighted by molar-refractivity contribution is 0.744.